The maximum Gasteiger partial charge on any atom is 0.265 e. The molecule has 1 fully saturated rings. The highest BCUT2D eigenvalue weighted by molar-refractivity contribution is 7.22. The number of ether oxygens (including phenoxy) is 1. The summed E-state index contributed by atoms with van der Waals surface area (Å²) < 4.78 is 6.43. The summed E-state index contributed by atoms with van der Waals surface area (Å²) in [7, 11) is 0. The molecule has 32 heavy (non-hydrogen) atoms. The largest absolute Gasteiger partial charge is 0.378 e. The zero-order valence-electron chi connectivity index (χ0n) is 17.0. The molecule has 2 N–H and O–H groups in total. The van der Waals surface area contributed by atoms with Gasteiger partial charge in [0.25, 0.3) is 11.8 Å². The third kappa shape index (κ3) is 4.50. The van der Waals surface area contributed by atoms with E-state index in [1.165, 1.54) is 11.3 Å². The smallest absolute Gasteiger partial charge is 0.265 e. The molecule has 9 heteroatoms. The third-order valence-electron chi connectivity index (χ3n) is 5.04. The average molecular weight is 465 g/mol. The van der Waals surface area contributed by atoms with Crippen molar-refractivity contribution in [3.05, 3.63) is 70.4 Å². The Morgan fingerprint density at radius 1 is 0.938 bits per heavy atom. The van der Waals surface area contributed by atoms with Gasteiger partial charge in [-0.1, -0.05) is 23.5 Å². The van der Waals surface area contributed by atoms with Crippen molar-refractivity contribution in [1.82, 2.24) is 4.98 Å². The Balaban J connectivity index is 1.29. The lowest BCUT2D eigenvalue weighted by atomic mass is 10.1. The number of morpholine rings is 1. The number of carbonyl (C=O) groups is 2. The molecule has 1 saturated heterocycles. The molecule has 0 bridgehead atoms. The number of nitrogens with one attached hydrogen (secondary N) is 2. The van der Waals surface area contributed by atoms with Gasteiger partial charge in [-0.3, -0.25) is 9.59 Å². The second kappa shape index (κ2) is 9.07. The first-order valence-electron chi connectivity index (χ1n) is 10.2. The summed E-state index contributed by atoms with van der Waals surface area (Å²) in [5, 5.41) is 8.60. The average Bonchev–Trinajstić information content (AvgIpc) is 3.50. The molecule has 0 atom stereocenters. The van der Waals surface area contributed by atoms with Crippen LogP contribution in [0.5, 0.6) is 0 Å². The minimum absolute atomic E-state index is 0.190. The maximum absolute atomic E-state index is 12.8. The number of hydrogen-bond donors (Lipinski definition) is 2. The number of nitrogens with zero attached hydrogens (tertiary/aromatic N) is 2. The molecule has 162 valence electrons. The van der Waals surface area contributed by atoms with Crippen LogP contribution in [0.2, 0.25) is 0 Å². The van der Waals surface area contributed by atoms with E-state index in [2.05, 4.69) is 15.5 Å². The van der Waals surface area contributed by atoms with Crippen LogP contribution in [-0.4, -0.2) is 43.1 Å². The quantitative estimate of drug-likeness (QED) is 0.447. The molecule has 1 aliphatic heterocycles. The highest BCUT2D eigenvalue weighted by Gasteiger charge is 2.16. The van der Waals surface area contributed by atoms with Crippen LogP contribution in [0.25, 0.3) is 10.2 Å². The lowest BCUT2D eigenvalue weighted by Crippen LogP contribution is -2.36. The molecule has 7 nitrogen and oxygen atoms in total. The van der Waals surface area contributed by atoms with Gasteiger partial charge in [-0.05, 0) is 47.8 Å². The van der Waals surface area contributed by atoms with Crippen molar-refractivity contribution >= 4 is 61.2 Å². The standard InChI is InChI=1S/C23H20N4O3S2/c28-21(15-3-1-4-16(13-15)25-22(29)19-5-2-12-31-19)24-17-6-7-18-20(14-17)32-23(26-18)27-8-10-30-11-9-27/h1-7,12-14H,8-11H2,(H,24,28)(H,25,29). The number of fused-ring (bicyclic) bond motifs is 1. The Kier molecular flexibility index (Phi) is 5.85. The van der Waals surface area contributed by atoms with E-state index in [1.807, 2.05) is 29.6 Å². The molecule has 4 aromatic rings. The molecule has 5 rings (SSSR count). The van der Waals surface area contributed by atoms with Gasteiger partial charge in [0.05, 0.1) is 28.3 Å². The molecule has 2 aromatic carbocycles. The molecule has 0 spiro atoms. The van der Waals surface area contributed by atoms with Gasteiger partial charge < -0.3 is 20.3 Å². The van der Waals surface area contributed by atoms with Gasteiger partial charge in [-0.2, -0.15) is 0 Å². The Morgan fingerprint density at radius 2 is 1.75 bits per heavy atom. The number of anilines is 3. The Morgan fingerprint density at radius 3 is 2.56 bits per heavy atom. The second-order valence-corrected chi connectivity index (χ2v) is 9.20. The van der Waals surface area contributed by atoms with Crippen molar-refractivity contribution in [1.29, 1.82) is 0 Å². The van der Waals surface area contributed by atoms with E-state index in [-0.39, 0.29) is 11.8 Å². The number of aromatic nitrogens is 1. The summed E-state index contributed by atoms with van der Waals surface area (Å²) in [4.78, 5) is 32.6. The van der Waals surface area contributed by atoms with Gasteiger partial charge in [0.15, 0.2) is 5.13 Å². The first-order chi connectivity index (χ1) is 15.7. The monoisotopic (exact) mass is 464 g/mol. The van der Waals surface area contributed by atoms with Crippen molar-refractivity contribution in [2.75, 3.05) is 41.8 Å². The third-order valence-corrected chi connectivity index (χ3v) is 6.99. The zero-order chi connectivity index (χ0) is 21.9. The van der Waals surface area contributed by atoms with Crippen LogP contribution in [0.15, 0.2) is 60.0 Å². The molecule has 1 aliphatic rings. The van der Waals surface area contributed by atoms with E-state index in [1.54, 1.807) is 41.7 Å². The van der Waals surface area contributed by atoms with Gasteiger partial charge in [-0.15, -0.1) is 11.3 Å². The van der Waals surface area contributed by atoms with Crippen molar-refractivity contribution in [3.8, 4) is 0 Å². The fourth-order valence-electron chi connectivity index (χ4n) is 3.42. The minimum atomic E-state index is -0.241. The predicted molar refractivity (Wildman–Crippen MR) is 129 cm³/mol. The van der Waals surface area contributed by atoms with Crippen molar-refractivity contribution in [2.45, 2.75) is 0 Å². The van der Waals surface area contributed by atoms with E-state index < -0.39 is 0 Å². The molecule has 0 saturated carbocycles. The van der Waals surface area contributed by atoms with Crippen LogP contribution in [-0.2, 0) is 4.74 Å². The van der Waals surface area contributed by atoms with E-state index >= 15 is 0 Å². The van der Waals surface area contributed by atoms with Gasteiger partial charge in [0.2, 0.25) is 0 Å². The van der Waals surface area contributed by atoms with Gasteiger partial charge in [0.1, 0.15) is 0 Å². The molecule has 0 radical (unpaired) electrons. The SMILES string of the molecule is O=C(Nc1ccc2nc(N3CCOCC3)sc2c1)c1cccc(NC(=O)c2cccs2)c1. The summed E-state index contributed by atoms with van der Waals surface area (Å²) in [5.41, 5.74) is 2.65. The van der Waals surface area contributed by atoms with Crippen LogP contribution < -0.4 is 15.5 Å². The Bertz CT molecular complexity index is 1260. The molecule has 0 aliphatic carbocycles. The van der Waals surface area contributed by atoms with Gasteiger partial charge >= 0.3 is 0 Å². The summed E-state index contributed by atoms with van der Waals surface area (Å²) in [6.07, 6.45) is 0. The number of hydrogen-bond acceptors (Lipinski definition) is 7. The fraction of sp³-hybridized carbons (Fsp3) is 0.174. The van der Waals surface area contributed by atoms with Crippen LogP contribution in [0.3, 0.4) is 0 Å². The second-order valence-electron chi connectivity index (χ2n) is 7.24. The van der Waals surface area contributed by atoms with Gasteiger partial charge in [-0.25, -0.2) is 4.98 Å². The number of carbonyl (C=O) groups excluding carboxylic acids is 2. The summed E-state index contributed by atoms with van der Waals surface area (Å²) >= 11 is 2.98. The summed E-state index contributed by atoms with van der Waals surface area (Å²) in [6, 6.07) is 16.2. The molecule has 0 unspecified atom stereocenters. The normalized spacial score (nSPS) is 13.8. The fourth-order valence-corrected chi connectivity index (χ4v) is 5.10. The van der Waals surface area contributed by atoms with E-state index in [4.69, 9.17) is 9.72 Å². The first kappa shape index (κ1) is 20.6. The summed E-state index contributed by atoms with van der Waals surface area (Å²) in [5.74, 6) is -0.432. The van der Waals surface area contributed by atoms with Crippen molar-refractivity contribution in [2.24, 2.45) is 0 Å². The van der Waals surface area contributed by atoms with E-state index in [0.717, 1.165) is 28.4 Å². The summed E-state index contributed by atoms with van der Waals surface area (Å²) in [6.45, 7) is 3.10. The van der Waals surface area contributed by atoms with E-state index in [0.29, 0.717) is 35.0 Å². The van der Waals surface area contributed by atoms with E-state index in [9.17, 15) is 9.59 Å². The van der Waals surface area contributed by atoms with Crippen molar-refractivity contribution in [3.63, 3.8) is 0 Å². The lowest BCUT2D eigenvalue weighted by molar-refractivity contribution is 0.101. The van der Waals surface area contributed by atoms with Gasteiger partial charge in [0, 0.05) is 30.0 Å². The zero-order valence-corrected chi connectivity index (χ0v) is 18.7. The number of amides is 2. The van der Waals surface area contributed by atoms with Crippen LogP contribution in [0, 0.1) is 0 Å². The Hall–Kier alpha value is -3.27. The van der Waals surface area contributed by atoms with Crippen molar-refractivity contribution < 1.29 is 14.3 Å². The van der Waals surface area contributed by atoms with Crippen LogP contribution in [0.1, 0.15) is 20.0 Å². The number of thiophene rings is 1. The predicted octanol–water partition coefficient (Wildman–Crippen LogP) is 4.70. The maximum atomic E-state index is 12.8. The molecule has 3 heterocycles. The first-order valence-corrected chi connectivity index (χ1v) is 11.8. The van der Waals surface area contributed by atoms with Crippen LogP contribution >= 0.6 is 22.7 Å². The number of rotatable bonds is 5. The number of thiazole rings is 1. The molecular weight excluding hydrogens is 444 g/mol. The minimum Gasteiger partial charge on any atom is -0.378 e. The lowest BCUT2D eigenvalue weighted by Gasteiger charge is -2.25. The number of benzene rings is 2. The molecule has 2 aromatic heterocycles. The molecular formula is C23H20N4O3S2. The van der Waals surface area contributed by atoms with Crippen LogP contribution in [0.4, 0.5) is 16.5 Å². The Labute approximate surface area is 192 Å². The molecule has 2 amide bonds. The topological polar surface area (TPSA) is 83.6 Å². The highest BCUT2D eigenvalue weighted by Crippen LogP contribution is 2.31. The highest BCUT2D eigenvalue weighted by atomic mass is 32.1.